The molecule has 0 unspecified atom stereocenters. The zero-order valence-corrected chi connectivity index (χ0v) is 20.7. The van der Waals surface area contributed by atoms with E-state index in [-0.39, 0.29) is 11.8 Å². The van der Waals surface area contributed by atoms with Crippen molar-refractivity contribution in [2.24, 2.45) is 5.92 Å². The molecule has 2 aromatic rings. The average molecular weight is 472 g/mol. The van der Waals surface area contributed by atoms with Gasteiger partial charge in [-0.3, -0.25) is 4.79 Å². The maximum atomic E-state index is 13.5. The minimum Gasteiger partial charge on any atom is -0.493 e. The largest absolute Gasteiger partial charge is 0.493 e. The Kier molecular flexibility index (Phi) is 8.45. The van der Waals surface area contributed by atoms with Crippen LogP contribution >= 0.6 is 0 Å². The van der Waals surface area contributed by atoms with Gasteiger partial charge in [0.05, 0.1) is 39.6 Å². The van der Waals surface area contributed by atoms with Gasteiger partial charge in [-0.25, -0.2) is 4.98 Å². The minimum atomic E-state index is 0.107. The molecule has 186 valence electrons. The number of fused-ring (bicyclic) bond motifs is 1. The molecular formula is C26H37N3O5. The number of anilines is 1. The maximum Gasteiger partial charge on any atom is 0.226 e. The van der Waals surface area contributed by atoms with Crippen molar-refractivity contribution >= 4 is 22.6 Å². The van der Waals surface area contributed by atoms with Crippen LogP contribution in [0.5, 0.6) is 11.5 Å². The van der Waals surface area contributed by atoms with E-state index < -0.39 is 0 Å². The number of aromatic nitrogens is 1. The van der Waals surface area contributed by atoms with E-state index in [4.69, 9.17) is 23.9 Å². The number of methoxy groups -OCH3 is 3. The van der Waals surface area contributed by atoms with Gasteiger partial charge in [0.2, 0.25) is 5.91 Å². The van der Waals surface area contributed by atoms with Crippen LogP contribution in [-0.2, 0) is 20.8 Å². The van der Waals surface area contributed by atoms with Gasteiger partial charge in [0.1, 0.15) is 5.82 Å². The number of ether oxygens (including phenoxy) is 4. The lowest BCUT2D eigenvalue weighted by molar-refractivity contribution is -0.137. The predicted octanol–water partition coefficient (Wildman–Crippen LogP) is 3.64. The fourth-order valence-corrected chi connectivity index (χ4v) is 4.98. The fourth-order valence-electron chi connectivity index (χ4n) is 4.98. The lowest BCUT2D eigenvalue weighted by Gasteiger charge is -2.33. The van der Waals surface area contributed by atoms with E-state index in [1.807, 2.05) is 17.0 Å². The number of hydrogen-bond donors (Lipinski definition) is 0. The molecule has 8 heteroatoms. The second kappa shape index (κ2) is 11.7. The summed E-state index contributed by atoms with van der Waals surface area (Å²) in [5.74, 6) is 2.56. The normalized spacial score (nSPS) is 17.1. The Labute approximate surface area is 202 Å². The first-order valence-corrected chi connectivity index (χ1v) is 12.3. The van der Waals surface area contributed by atoms with Gasteiger partial charge in [-0.1, -0.05) is 19.3 Å². The van der Waals surface area contributed by atoms with Gasteiger partial charge in [-0.15, -0.1) is 0 Å². The molecule has 1 aromatic heterocycles. The molecule has 1 saturated carbocycles. The molecule has 2 aliphatic rings. The third-order valence-electron chi connectivity index (χ3n) is 6.88. The summed E-state index contributed by atoms with van der Waals surface area (Å²) in [6.45, 7) is 4.46. The first-order chi connectivity index (χ1) is 16.6. The molecule has 2 heterocycles. The van der Waals surface area contributed by atoms with Crippen molar-refractivity contribution < 1.29 is 23.7 Å². The van der Waals surface area contributed by atoms with Crippen molar-refractivity contribution in [1.29, 1.82) is 0 Å². The molecule has 8 nitrogen and oxygen atoms in total. The summed E-state index contributed by atoms with van der Waals surface area (Å²) < 4.78 is 22.0. The standard InChI is InChI=1S/C26H37N3O5/c1-31-12-9-29(26(30)19-7-5-4-6-8-19)18-21-15-20-16-23(32-2)24(33-3)17-22(20)27-25(21)28-10-13-34-14-11-28/h15-17,19H,4-14,18H2,1-3H3. The number of carbonyl (C=O) groups is 1. The van der Waals surface area contributed by atoms with Crippen LogP contribution in [0.3, 0.4) is 0 Å². The smallest absolute Gasteiger partial charge is 0.226 e. The highest BCUT2D eigenvalue weighted by Crippen LogP contribution is 2.35. The molecule has 4 rings (SSSR count). The van der Waals surface area contributed by atoms with E-state index >= 15 is 0 Å². The predicted molar refractivity (Wildman–Crippen MR) is 132 cm³/mol. The second-order valence-corrected chi connectivity index (χ2v) is 9.06. The summed E-state index contributed by atoms with van der Waals surface area (Å²) in [5, 5.41) is 0.960. The molecule has 1 aromatic carbocycles. The van der Waals surface area contributed by atoms with Crippen LogP contribution in [0.2, 0.25) is 0 Å². The van der Waals surface area contributed by atoms with Gasteiger partial charge in [-0.2, -0.15) is 0 Å². The molecule has 0 spiro atoms. The lowest BCUT2D eigenvalue weighted by atomic mass is 9.88. The SMILES string of the molecule is COCCN(Cc1cc2cc(OC)c(OC)cc2nc1N1CCOCC1)C(=O)C1CCCCC1. The van der Waals surface area contributed by atoms with Crippen LogP contribution in [0.15, 0.2) is 18.2 Å². The number of rotatable bonds is 9. The summed E-state index contributed by atoms with van der Waals surface area (Å²) in [6, 6.07) is 6.01. The average Bonchev–Trinajstić information content (AvgIpc) is 2.90. The van der Waals surface area contributed by atoms with Crippen LogP contribution in [0.4, 0.5) is 5.82 Å². The molecule has 1 saturated heterocycles. The molecule has 0 N–H and O–H groups in total. The topological polar surface area (TPSA) is 73.4 Å². The Hall–Kier alpha value is -2.58. The molecule has 0 radical (unpaired) electrons. The second-order valence-electron chi connectivity index (χ2n) is 9.06. The van der Waals surface area contributed by atoms with Gasteiger partial charge in [0.15, 0.2) is 11.5 Å². The van der Waals surface area contributed by atoms with E-state index in [0.29, 0.717) is 44.4 Å². The van der Waals surface area contributed by atoms with E-state index in [1.54, 1.807) is 21.3 Å². The van der Waals surface area contributed by atoms with E-state index in [2.05, 4.69) is 11.0 Å². The van der Waals surface area contributed by atoms with E-state index in [1.165, 1.54) is 6.42 Å². The summed E-state index contributed by atoms with van der Waals surface area (Å²) in [6.07, 6.45) is 5.44. The number of carbonyl (C=O) groups excluding carboxylic acids is 1. The first kappa shape index (κ1) is 24.5. The van der Waals surface area contributed by atoms with E-state index in [9.17, 15) is 4.79 Å². The monoisotopic (exact) mass is 471 g/mol. The third kappa shape index (κ3) is 5.55. The number of nitrogens with zero attached hydrogens (tertiary/aromatic N) is 3. The number of hydrogen-bond acceptors (Lipinski definition) is 7. The fraction of sp³-hybridized carbons (Fsp3) is 0.615. The number of amides is 1. The molecule has 1 amide bonds. The van der Waals surface area contributed by atoms with Gasteiger partial charge in [-0.05, 0) is 25.0 Å². The number of morpholine rings is 1. The molecule has 1 aliphatic heterocycles. The molecule has 1 aliphatic carbocycles. The maximum absolute atomic E-state index is 13.5. The summed E-state index contributed by atoms with van der Waals surface area (Å²) >= 11 is 0. The van der Waals surface area contributed by atoms with Gasteiger partial charge in [0, 0.05) is 56.2 Å². The quantitative estimate of drug-likeness (QED) is 0.553. The van der Waals surface area contributed by atoms with Gasteiger partial charge >= 0.3 is 0 Å². The zero-order chi connectivity index (χ0) is 23.9. The minimum absolute atomic E-state index is 0.107. The van der Waals surface area contributed by atoms with Crippen LogP contribution in [0, 0.1) is 5.92 Å². The Balaban J connectivity index is 1.72. The van der Waals surface area contributed by atoms with Crippen LogP contribution < -0.4 is 14.4 Å². The number of benzene rings is 1. The summed E-state index contributed by atoms with van der Waals surface area (Å²) in [4.78, 5) is 22.8. The Morgan fingerprint density at radius 2 is 1.76 bits per heavy atom. The van der Waals surface area contributed by atoms with Gasteiger partial charge < -0.3 is 28.7 Å². The third-order valence-corrected chi connectivity index (χ3v) is 6.88. The molecular weight excluding hydrogens is 434 g/mol. The lowest BCUT2D eigenvalue weighted by Crippen LogP contribution is -2.40. The van der Waals surface area contributed by atoms with Crippen molar-refractivity contribution in [3.63, 3.8) is 0 Å². The summed E-state index contributed by atoms with van der Waals surface area (Å²) in [7, 11) is 4.95. The van der Waals surface area contributed by atoms with Crippen molar-refractivity contribution in [1.82, 2.24) is 9.88 Å². The molecule has 0 bridgehead atoms. The Morgan fingerprint density at radius 3 is 2.44 bits per heavy atom. The van der Waals surface area contributed by atoms with Crippen LogP contribution in [-0.4, -0.2) is 76.6 Å². The Morgan fingerprint density at radius 1 is 1.06 bits per heavy atom. The van der Waals surface area contributed by atoms with Crippen molar-refractivity contribution in [2.75, 3.05) is 65.7 Å². The van der Waals surface area contributed by atoms with Crippen LogP contribution in [0.1, 0.15) is 37.7 Å². The highest BCUT2D eigenvalue weighted by Gasteiger charge is 2.28. The number of pyridine rings is 1. The van der Waals surface area contributed by atoms with Crippen molar-refractivity contribution in [2.45, 2.75) is 38.6 Å². The van der Waals surface area contributed by atoms with Crippen LogP contribution in [0.25, 0.3) is 10.9 Å². The summed E-state index contributed by atoms with van der Waals surface area (Å²) in [5.41, 5.74) is 1.87. The molecule has 2 fully saturated rings. The highest BCUT2D eigenvalue weighted by atomic mass is 16.5. The first-order valence-electron chi connectivity index (χ1n) is 12.3. The molecule has 0 atom stereocenters. The Bertz CT molecular complexity index is 971. The van der Waals surface area contributed by atoms with Crippen molar-refractivity contribution in [3.05, 3.63) is 23.8 Å². The van der Waals surface area contributed by atoms with Gasteiger partial charge in [0.25, 0.3) is 0 Å². The highest BCUT2D eigenvalue weighted by molar-refractivity contribution is 5.86. The molecule has 34 heavy (non-hydrogen) atoms. The van der Waals surface area contributed by atoms with Crippen molar-refractivity contribution in [3.8, 4) is 11.5 Å². The zero-order valence-electron chi connectivity index (χ0n) is 20.7. The van der Waals surface area contributed by atoms with E-state index in [0.717, 1.165) is 61.1 Å².